The largest absolute Gasteiger partial charge is 0.481 e. The van der Waals surface area contributed by atoms with Crippen molar-refractivity contribution in [2.75, 3.05) is 0 Å². The number of carboxylic acids is 1. The Labute approximate surface area is 104 Å². The summed E-state index contributed by atoms with van der Waals surface area (Å²) in [5.41, 5.74) is 1.94. The molecular formula is C13H13NO2S. The number of aromatic nitrogens is 1. The second-order valence-electron chi connectivity index (χ2n) is 3.79. The predicted octanol–water partition coefficient (Wildman–Crippen LogP) is 2.56. The number of thiazole rings is 1. The van der Waals surface area contributed by atoms with Crippen LogP contribution >= 0.6 is 11.3 Å². The summed E-state index contributed by atoms with van der Waals surface area (Å²) in [5.74, 6) is -0.829. The van der Waals surface area contributed by atoms with E-state index in [0.717, 1.165) is 17.8 Å². The molecule has 88 valence electrons. The lowest BCUT2D eigenvalue weighted by Gasteiger charge is -1.97. The van der Waals surface area contributed by atoms with Crippen molar-refractivity contribution >= 4 is 17.3 Å². The third-order valence-electron chi connectivity index (χ3n) is 2.40. The van der Waals surface area contributed by atoms with Crippen LogP contribution in [-0.4, -0.2) is 16.1 Å². The molecule has 0 aliphatic rings. The maximum absolute atomic E-state index is 10.5. The Morgan fingerprint density at radius 3 is 2.71 bits per heavy atom. The molecule has 0 bridgehead atoms. The van der Waals surface area contributed by atoms with Crippen LogP contribution in [0.25, 0.3) is 0 Å². The predicted molar refractivity (Wildman–Crippen MR) is 67.3 cm³/mol. The number of benzene rings is 1. The summed E-state index contributed by atoms with van der Waals surface area (Å²) in [6.45, 7) is 0. The molecule has 2 rings (SSSR count). The SMILES string of the molecule is O=C(O)Cc1csc(CCc2ccccc2)n1. The van der Waals surface area contributed by atoms with Gasteiger partial charge in [-0.1, -0.05) is 30.3 Å². The molecule has 0 amide bonds. The van der Waals surface area contributed by atoms with Gasteiger partial charge in [-0.25, -0.2) is 4.98 Å². The molecule has 0 radical (unpaired) electrons. The maximum Gasteiger partial charge on any atom is 0.309 e. The molecule has 0 aliphatic carbocycles. The first kappa shape index (κ1) is 11.8. The van der Waals surface area contributed by atoms with Gasteiger partial charge in [0.2, 0.25) is 0 Å². The first-order chi connectivity index (χ1) is 8.24. The van der Waals surface area contributed by atoms with Crippen molar-refractivity contribution in [1.82, 2.24) is 4.98 Å². The molecule has 1 N–H and O–H groups in total. The van der Waals surface area contributed by atoms with Crippen LogP contribution in [0, 0.1) is 0 Å². The van der Waals surface area contributed by atoms with E-state index in [1.54, 1.807) is 0 Å². The van der Waals surface area contributed by atoms with E-state index in [0.29, 0.717) is 5.69 Å². The highest BCUT2D eigenvalue weighted by Crippen LogP contribution is 2.13. The fraction of sp³-hybridized carbons (Fsp3) is 0.231. The van der Waals surface area contributed by atoms with Crippen LogP contribution in [-0.2, 0) is 24.1 Å². The molecule has 0 saturated carbocycles. The van der Waals surface area contributed by atoms with E-state index >= 15 is 0 Å². The summed E-state index contributed by atoms with van der Waals surface area (Å²) in [4.78, 5) is 14.8. The highest BCUT2D eigenvalue weighted by Gasteiger charge is 2.06. The van der Waals surface area contributed by atoms with Crippen LogP contribution in [0.2, 0.25) is 0 Å². The standard InChI is InChI=1S/C13H13NO2S/c15-13(16)8-11-9-17-12(14-11)7-6-10-4-2-1-3-5-10/h1-5,9H,6-8H2,(H,15,16). The van der Waals surface area contributed by atoms with Gasteiger partial charge in [-0.05, 0) is 12.0 Å². The molecule has 4 heteroatoms. The van der Waals surface area contributed by atoms with E-state index in [4.69, 9.17) is 5.11 Å². The fourth-order valence-corrected chi connectivity index (χ4v) is 2.39. The number of hydrogen-bond acceptors (Lipinski definition) is 3. The van der Waals surface area contributed by atoms with Gasteiger partial charge in [-0.3, -0.25) is 4.79 Å². The smallest absolute Gasteiger partial charge is 0.309 e. The Morgan fingerprint density at radius 1 is 1.24 bits per heavy atom. The molecular weight excluding hydrogens is 234 g/mol. The zero-order chi connectivity index (χ0) is 12.1. The Kier molecular flexibility index (Phi) is 3.88. The minimum atomic E-state index is -0.829. The summed E-state index contributed by atoms with van der Waals surface area (Å²) in [6.07, 6.45) is 1.83. The molecule has 0 unspecified atom stereocenters. The van der Waals surface area contributed by atoms with E-state index < -0.39 is 5.97 Å². The highest BCUT2D eigenvalue weighted by atomic mass is 32.1. The minimum Gasteiger partial charge on any atom is -0.481 e. The fourth-order valence-electron chi connectivity index (χ4n) is 1.60. The van der Waals surface area contributed by atoms with E-state index in [1.807, 2.05) is 23.6 Å². The van der Waals surface area contributed by atoms with Gasteiger partial charge in [-0.2, -0.15) is 0 Å². The maximum atomic E-state index is 10.5. The lowest BCUT2D eigenvalue weighted by atomic mass is 10.1. The van der Waals surface area contributed by atoms with E-state index in [-0.39, 0.29) is 6.42 Å². The second kappa shape index (κ2) is 5.59. The number of aryl methyl sites for hydroxylation is 2. The summed E-state index contributed by atoms with van der Waals surface area (Å²) in [7, 11) is 0. The normalized spacial score (nSPS) is 10.4. The molecule has 0 aliphatic heterocycles. The lowest BCUT2D eigenvalue weighted by Crippen LogP contribution is -2.00. The summed E-state index contributed by atoms with van der Waals surface area (Å²) < 4.78 is 0. The van der Waals surface area contributed by atoms with Crippen LogP contribution in [0.15, 0.2) is 35.7 Å². The number of nitrogens with zero attached hydrogens (tertiary/aromatic N) is 1. The Bertz CT molecular complexity index is 493. The zero-order valence-corrected chi connectivity index (χ0v) is 10.1. The van der Waals surface area contributed by atoms with Crippen molar-refractivity contribution in [1.29, 1.82) is 0 Å². The Morgan fingerprint density at radius 2 is 2.00 bits per heavy atom. The van der Waals surface area contributed by atoms with Gasteiger partial charge in [0.05, 0.1) is 17.1 Å². The molecule has 1 aromatic carbocycles. The van der Waals surface area contributed by atoms with Crippen LogP contribution in [0.5, 0.6) is 0 Å². The number of rotatable bonds is 5. The monoisotopic (exact) mass is 247 g/mol. The van der Waals surface area contributed by atoms with Crippen LogP contribution in [0.1, 0.15) is 16.3 Å². The number of aliphatic carboxylic acids is 1. The highest BCUT2D eigenvalue weighted by molar-refractivity contribution is 7.09. The first-order valence-corrected chi connectivity index (χ1v) is 6.31. The second-order valence-corrected chi connectivity index (χ2v) is 4.73. The topological polar surface area (TPSA) is 50.2 Å². The average molecular weight is 247 g/mol. The van der Waals surface area contributed by atoms with Crippen molar-refractivity contribution in [3.8, 4) is 0 Å². The minimum absolute atomic E-state index is 0.0157. The lowest BCUT2D eigenvalue weighted by molar-refractivity contribution is -0.136. The molecule has 1 heterocycles. The number of carbonyl (C=O) groups is 1. The summed E-state index contributed by atoms with van der Waals surface area (Å²) in [5, 5.41) is 11.5. The van der Waals surface area contributed by atoms with Gasteiger partial charge < -0.3 is 5.11 Å². The van der Waals surface area contributed by atoms with Gasteiger partial charge >= 0.3 is 5.97 Å². The molecule has 0 fully saturated rings. The van der Waals surface area contributed by atoms with Crippen molar-refractivity contribution in [3.63, 3.8) is 0 Å². The molecule has 2 aromatic rings. The van der Waals surface area contributed by atoms with Crippen molar-refractivity contribution < 1.29 is 9.90 Å². The van der Waals surface area contributed by atoms with E-state index in [1.165, 1.54) is 16.9 Å². The molecule has 0 spiro atoms. The van der Waals surface area contributed by atoms with Crippen molar-refractivity contribution in [2.45, 2.75) is 19.3 Å². The zero-order valence-electron chi connectivity index (χ0n) is 9.30. The van der Waals surface area contributed by atoms with Crippen LogP contribution in [0.4, 0.5) is 0 Å². The Hall–Kier alpha value is -1.68. The molecule has 1 aromatic heterocycles. The first-order valence-electron chi connectivity index (χ1n) is 5.43. The van der Waals surface area contributed by atoms with Crippen molar-refractivity contribution in [2.24, 2.45) is 0 Å². The third-order valence-corrected chi connectivity index (χ3v) is 3.36. The van der Waals surface area contributed by atoms with Gasteiger partial charge in [0.15, 0.2) is 0 Å². The quantitative estimate of drug-likeness (QED) is 0.883. The van der Waals surface area contributed by atoms with Gasteiger partial charge in [-0.15, -0.1) is 11.3 Å². The number of carboxylic acid groups (broad SMARTS) is 1. The Balaban J connectivity index is 1.91. The molecule has 0 saturated heterocycles. The third kappa shape index (κ3) is 3.67. The molecule has 3 nitrogen and oxygen atoms in total. The van der Waals surface area contributed by atoms with E-state index in [9.17, 15) is 4.79 Å². The summed E-state index contributed by atoms with van der Waals surface area (Å²) >= 11 is 1.54. The van der Waals surface area contributed by atoms with Crippen LogP contribution < -0.4 is 0 Å². The molecule has 0 atom stereocenters. The average Bonchev–Trinajstić information content (AvgIpc) is 2.75. The van der Waals surface area contributed by atoms with Gasteiger partial charge in [0.1, 0.15) is 0 Å². The molecule has 17 heavy (non-hydrogen) atoms. The number of hydrogen-bond donors (Lipinski definition) is 1. The van der Waals surface area contributed by atoms with Crippen LogP contribution in [0.3, 0.4) is 0 Å². The van der Waals surface area contributed by atoms with Gasteiger partial charge in [0, 0.05) is 11.8 Å². The van der Waals surface area contributed by atoms with Crippen molar-refractivity contribution in [3.05, 3.63) is 52.0 Å². The van der Waals surface area contributed by atoms with E-state index in [2.05, 4.69) is 17.1 Å². The van der Waals surface area contributed by atoms with Gasteiger partial charge in [0.25, 0.3) is 0 Å². The summed E-state index contributed by atoms with van der Waals surface area (Å²) in [6, 6.07) is 10.2.